The van der Waals surface area contributed by atoms with Crippen LogP contribution < -0.4 is 4.74 Å². The predicted molar refractivity (Wildman–Crippen MR) is 74.1 cm³/mol. The summed E-state index contributed by atoms with van der Waals surface area (Å²) >= 11 is 0. The highest BCUT2D eigenvalue weighted by Crippen LogP contribution is 2.31. The molecule has 0 amide bonds. The van der Waals surface area contributed by atoms with Crippen molar-refractivity contribution in [2.45, 2.75) is 0 Å². The number of pyridine rings is 1. The molecule has 0 saturated heterocycles. The van der Waals surface area contributed by atoms with Gasteiger partial charge in [0, 0.05) is 12.4 Å². The zero-order valence-electron chi connectivity index (χ0n) is 11.1. The first kappa shape index (κ1) is 13.1. The number of nitrogens with zero attached hydrogens (tertiary/aromatic N) is 2. The van der Waals surface area contributed by atoms with E-state index in [1.165, 1.54) is 25.4 Å². The van der Waals surface area contributed by atoms with Crippen molar-refractivity contribution in [3.63, 3.8) is 0 Å². The van der Waals surface area contributed by atoms with Crippen LogP contribution in [0.25, 0.3) is 16.9 Å². The van der Waals surface area contributed by atoms with Crippen molar-refractivity contribution in [3.05, 3.63) is 54.1 Å². The Labute approximate surface area is 119 Å². The van der Waals surface area contributed by atoms with Gasteiger partial charge < -0.3 is 14.2 Å². The number of carboxylic acids is 1. The number of fused-ring (bicyclic) bond motifs is 1. The zero-order chi connectivity index (χ0) is 15.0. The van der Waals surface area contributed by atoms with Gasteiger partial charge in [-0.1, -0.05) is 6.07 Å². The normalized spacial score (nSPS) is 10.8. The van der Waals surface area contributed by atoms with E-state index in [1.54, 1.807) is 28.8 Å². The molecule has 0 radical (unpaired) electrons. The lowest BCUT2D eigenvalue weighted by Crippen LogP contribution is -1.97. The van der Waals surface area contributed by atoms with Gasteiger partial charge in [0.25, 0.3) is 0 Å². The van der Waals surface area contributed by atoms with E-state index in [2.05, 4.69) is 4.98 Å². The van der Waals surface area contributed by atoms with Crippen molar-refractivity contribution in [2.24, 2.45) is 0 Å². The number of imidazole rings is 1. The van der Waals surface area contributed by atoms with Gasteiger partial charge in [-0.25, -0.2) is 14.2 Å². The molecule has 0 aliphatic heterocycles. The summed E-state index contributed by atoms with van der Waals surface area (Å²) in [4.78, 5) is 15.3. The number of benzene rings is 1. The van der Waals surface area contributed by atoms with Gasteiger partial charge in [0.15, 0.2) is 0 Å². The topological polar surface area (TPSA) is 63.8 Å². The van der Waals surface area contributed by atoms with Crippen LogP contribution in [0.2, 0.25) is 0 Å². The Bertz CT molecular complexity index is 842. The fourth-order valence-corrected chi connectivity index (χ4v) is 2.16. The number of carboxylic acid groups (broad SMARTS) is 1. The summed E-state index contributed by atoms with van der Waals surface area (Å²) in [6, 6.07) is 7.54. The fourth-order valence-electron chi connectivity index (χ4n) is 2.16. The molecule has 0 saturated carbocycles. The standard InChI is InChI=1S/C15H11FN2O3/c1-21-12-4-2-3-10(16)14(12)11-8-18-7-9(15(19)20)5-6-13(18)17-11/h2-8H,1H3,(H,19,20). The number of ether oxygens (including phenoxy) is 1. The minimum absolute atomic E-state index is 0.131. The highest BCUT2D eigenvalue weighted by atomic mass is 19.1. The Morgan fingerprint density at radius 2 is 2.10 bits per heavy atom. The molecule has 1 aromatic carbocycles. The van der Waals surface area contributed by atoms with E-state index >= 15 is 0 Å². The first-order valence-electron chi connectivity index (χ1n) is 6.15. The van der Waals surface area contributed by atoms with Crippen LogP contribution >= 0.6 is 0 Å². The van der Waals surface area contributed by atoms with Crippen LogP contribution in [0, 0.1) is 5.82 Å². The summed E-state index contributed by atoms with van der Waals surface area (Å²) in [6.07, 6.45) is 3.00. The van der Waals surface area contributed by atoms with Crippen molar-refractivity contribution in [3.8, 4) is 17.0 Å². The van der Waals surface area contributed by atoms with E-state index in [4.69, 9.17) is 9.84 Å². The van der Waals surface area contributed by atoms with Gasteiger partial charge in [-0.3, -0.25) is 0 Å². The molecule has 0 spiro atoms. The first-order chi connectivity index (χ1) is 10.1. The molecule has 21 heavy (non-hydrogen) atoms. The third-order valence-corrected chi connectivity index (χ3v) is 3.15. The average molecular weight is 286 g/mol. The lowest BCUT2D eigenvalue weighted by atomic mass is 10.1. The fraction of sp³-hybridized carbons (Fsp3) is 0.0667. The Morgan fingerprint density at radius 3 is 2.81 bits per heavy atom. The maximum Gasteiger partial charge on any atom is 0.337 e. The first-order valence-corrected chi connectivity index (χ1v) is 6.15. The molecule has 5 nitrogen and oxygen atoms in total. The molecule has 2 heterocycles. The van der Waals surface area contributed by atoms with Crippen molar-refractivity contribution < 1.29 is 19.0 Å². The van der Waals surface area contributed by atoms with Gasteiger partial charge in [-0.15, -0.1) is 0 Å². The summed E-state index contributed by atoms with van der Waals surface area (Å²) in [7, 11) is 1.45. The SMILES string of the molecule is COc1cccc(F)c1-c1cn2cc(C(=O)O)ccc2n1. The van der Waals surface area contributed by atoms with E-state index in [0.29, 0.717) is 17.1 Å². The summed E-state index contributed by atoms with van der Waals surface area (Å²) in [5.74, 6) is -1.11. The van der Waals surface area contributed by atoms with Gasteiger partial charge in [0.1, 0.15) is 17.2 Å². The molecule has 0 bridgehead atoms. The quantitative estimate of drug-likeness (QED) is 0.804. The van der Waals surface area contributed by atoms with Gasteiger partial charge in [0.05, 0.1) is 23.9 Å². The Morgan fingerprint density at radius 1 is 1.29 bits per heavy atom. The maximum absolute atomic E-state index is 14.0. The highest BCUT2D eigenvalue weighted by Gasteiger charge is 2.15. The molecule has 106 valence electrons. The van der Waals surface area contributed by atoms with E-state index in [0.717, 1.165) is 0 Å². The molecular weight excluding hydrogens is 275 g/mol. The van der Waals surface area contributed by atoms with Crippen molar-refractivity contribution >= 4 is 11.6 Å². The van der Waals surface area contributed by atoms with E-state index < -0.39 is 11.8 Å². The van der Waals surface area contributed by atoms with Gasteiger partial charge >= 0.3 is 5.97 Å². The van der Waals surface area contributed by atoms with Crippen molar-refractivity contribution in [2.75, 3.05) is 7.11 Å². The number of hydrogen-bond donors (Lipinski definition) is 1. The smallest absolute Gasteiger partial charge is 0.337 e. The molecule has 3 aromatic rings. The lowest BCUT2D eigenvalue weighted by molar-refractivity contribution is 0.0696. The van der Waals surface area contributed by atoms with Crippen LogP contribution in [0.15, 0.2) is 42.7 Å². The molecule has 0 atom stereocenters. The highest BCUT2D eigenvalue weighted by molar-refractivity contribution is 5.87. The van der Waals surface area contributed by atoms with E-state index in [1.807, 2.05) is 0 Å². The van der Waals surface area contributed by atoms with Gasteiger partial charge in [-0.2, -0.15) is 0 Å². The zero-order valence-corrected chi connectivity index (χ0v) is 11.1. The summed E-state index contributed by atoms with van der Waals surface area (Å²) in [6.45, 7) is 0. The monoisotopic (exact) mass is 286 g/mol. The van der Waals surface area contributed by atoms with Gasteiger partial charge in [0.2, 0.25) is 0 Å². The third kappa shape index (κ3) is 2.20. The maximum atomic E-state index is 14.0. The number of carbonyl (C=O) groups is 1. The molecule has 0 aliphatic rings. The van der Waals surface area contributed by atoms with Crippen LogP contribution in [0.5, 0.6) is 5.75 Å². The van der Waals surface area contributed by atoms with Crippen LogP contribution in [0.4, 0.5) is 4.39 Å². The molecule has 0 aliphatic carbocycles. The van der Waals surface area contributed by atoms with Crippen molar-refractivity contribution in [1.82, 2.24) is 9.38 Å². The van der Waals surface area contributed by atoms with E-state index in [-0.39, 0.29) is 11.1 Å². The second kappa shape index (κ2) is 4.90. The van der Waals surface area contributed by atoms with Crippen LogP contribution in [-0.2, 0) is 0 Å². The largest absolute Gasteiger partial charge is 0.496 e. The molecule has 0 unspecified atom stereocenters. The Kier molecular flexibility index (Phi) is 3.06. The Hall–Kier alpha value is -2.89. The molecular formula is C15H11FN2O3. The van der Waals surface area contributed by atoms with Crippen LogP contribution in [0.3, 0.4) is 0 Å². The number of hydrogen-bond acceptors (Lipinski definition) is 3. The van der Waals surface area contributed by atoms with Gasteiger partial charge in [-0.05, 0) is 24.3 Å². The lowest BCUT2D eigenvalue weighted by Gasteiger charge is -2.06. The predicted octanol–water partition coefficient (Wildman–Crippen LogP) is 2.85. The minimum Gasteiger partial charge on any atom is -0.496 e. The molecule has 2 aromatic heterocycles. The average Bonchev–Trinajstić information content (AvgIpc) is 2.88. The second-order valence-electron chi connectivity index (χ2n) is 4.43. The molecule has 3 rings (SSSR count). The summed E-state index contributed by atoms with van der Waals surface area (Å²) < 4.78 is 20.7. The van der Waals surface area contributed by atoms with Crippen LogP contribution in [0.1, 0.15) is 10.4 Å². The number of halogens is 1. The second-order valence-corrected chi connectivity index (χ2v) is 4.43. The number of aromatic nitrogens is 2. The van der Waals surface area contributed by atoms with Crippen molar-refractivity contribution in [1.29, 1.82) is 0 Å². The minimum atomic E-state index is -1.03. The third-order valence-electron chi connectivity index (χ3n) is 3.15. The Balaban J connectivity index is 2.20. The number of aromatic carboxylic acids is 1. The molecule has 6 heteroatoms. The number of methoxy groups -OCH3 is 1. The molecule has 1 N–H and O–H groups in total. The van der Waals surface area contributed by atoms with E-state index in [9.17, 15) is 9.18 Å². The summed E-state index contributed by atoms with van der Waals surface area (Å²) in [5, 5.41) is 8.98. The number of rotatable bonds is 3. The van der Waals surface area contributed by atoms with Crippen LogP contribution in [-0.4, -0.2) is 27.6 Å². The summed E-state index contributed by atoms with van der Waals surface area (Å²) in [5.41, 5.74) is 1.29. The molecule has 0 fully saturated rings.